The Morgan fingerprint density at radius 2 is 1.25 bits per heavy atom. The van der Waals surface area contributed by atoms with Gasteiger partial charge in [-0.1, -0.05) is 6.07 Å². The molecule has 0 amide bonds. The van der Waals surface area contributed by atoms with Crippen LogP contribution in [0.15, 0.2) is 36.1 Å². The second-order valence-corrected chi connectivity index (χ2v) is 12.7. The van der Waals surface area contributed by atoms with Gasteiger partial charge in [-0.25, -0.2) is 0 Å². The van der Waals surface area contributed by atoms with Crippen molar-refractivity contribution in [1.29, 1.82) is 0 Å². The van der Waals surface area contributed by atoms with Gasteiger partial charge >= 0.3 is 0 Å². The Morgan fingerprint density at radius 3 is 1.92 bits per heavy atom. The van der Waals surface area contributed by atoms with Crippen LogP contribution in [0.2, 0.25) is 0 Å². The van der Waals surface area contributed by atoms with Crippen molar-refractivity contribution >= 4 is 6.08 Å². The van der Waals surface area contributed by atoms with Gasteiger partial charge in [0.05, 0.1) is 25.4 Å². The van der Waals surface area contributed by atoms with Crippen molar-refractivity contribution in [3.63, 3.8) is 0 Å². The highest BCUT2D eigenvalue weighted by Crippen LogP contribution is 2.45. The van der Waals surface area contributed by atoms with Crippen molar-refractivity contribution in [2.75, 3.05) is 19.8 Å². The van der Waals surface area contributed by atoms with Crippen LogP contribution in [0.5, 0.6) is 28.7 Å². The minimum absolute atomic E-state index is 0.0221. The summed E-state index contributed by atoms with van der Waals surface area (Å²) in [5, 5.41) is 133. The van der Waals surface area contributed by atoms with Crippen molar-refractivity contribution in [1.82, 2.24) is 0 Å². The van der Waals surface area contributed by atoms with Gasteiger partial charge in [-0.2, -0.15) is 0 Å². The highest BCUT2D eigenvalue weighted by atomic mass is 16.7. The Balaban J connectivity index is 1.30. The third-order valence-corrected chi connectivity index (χ3v) is 9.16. The van der Waals surface area contributed by atoms with E-state index in [9.17, 15) is 66.4 Å². The second kappa shape index (κ2) is 15.4. The monoisotopic (exact) mass is 744 g/mol. The van der Waals surface area contributed by atoms with Gasteiger partial charge in [0.2, 0.25) is 6.29 Å². The number of fused-ring (bicyclic) bond motifs is 1. The smallest absolute Gasteiger partial charge is 0.229 e. The lowest BCUT2D eigenvalue weighted by Crippen LogP contribution is -2.62. The first-order valence-corrected chi connectivity index (χ1v) is 16.1. The highest BCUT2D eigenvalue weighted by molar-refractivity contribution is 5.69. The van der Waals surface area contributed by atoms with Gasteiger partial charge in [-0.15, -0.1) is 0 Å². The Bertz CT molecular complexity index is 1590. The SMILES string of the molecule is OCC1OC(OCC2OC(OC3=Cc4c(O)cc(O)cc4OC3c3ccc(O)c(O)c3)C(OCC3OC(O)C(O)C3O)C(O)C2O)C(O)C(O)C1O. The van der Waals surface area contributed by atoms with E-state index < -0.39 is 129 Å². The zero-order valence-corrected chi connectivity index (χ0v) is 26.9. The highest BCUT2D eigenvalue weighted by Gasteiger charge is 2.51. The largest absolute Gasteiger partial charge is 0.508 e. The Hall–Kier alpha value is -3.58. The summed E-state index contributed by atoms with van der Waals surface area (Å²) in [4.78, 5) is 0. The van der Waals surface area contributed by atoms with E-state index in [1.165, 1.54) is 18.2 Å². The Morgan fingerprint density at radius 1 is 0.596 bits per heavy atom. The molecule has 0 aromatic heterocycles. The maximum atomic E-state index is 11.3. The molecule has 0 bridgehead atoms. The predicted octanol–water partition coefficient (Wildman–Crippen LogP) is -3.91. The van der Waals surface area contributed by atoms with Crippen LogP contribution in [0.3, 0.4) is 0 Å². The van der Waals surface area contributed by atoms with Gasteiger partial charge in [-0.05, 0) is 18.2 Å². The quantitative estimate of drug-likeness (QED) is 0.103. The van der Waals surface area contributed by atoms with Crippen molar-refractivity contribution in [2.45, 2.75) is 92.1 Å². The molecule has 15 unspecified atom stereocenters. The first kappa shape index (κ1) is 38.2. The minimum atomic E-state index is -1.88. The van der Waals surface area contributed by atoms with E-state index in [4.69, 9.17) is 33.2 Å². The topological polar surface area (TPSA) is 328 Å². The van der Waals surface area contributed by atoms with Crippen LogP contribution < -0.4 is 4.74 Å². The molecule has 20 heteroatoms. The fourth-order valence-corrected chi connectivity index (χ4v) is 6.19. The summed E-state index contributed by atoms with van der Waals surface area (Å²) in [6.45, 7) is -2.00. The van der Waals surface area contributed by atoms with E-state index in [0.29, 0.717) is 0 Å². The Labute approximate surface area is 293 Å². The second-order valence-electron chi connectivity index (χ2n) is 12.7. The average molecular weight is 745 g/mol. The van der Waals surface area contributed by atoms with Gasteiger partial charge in [0.25, 0.3) is 0 Å². The average Bonchev–Trinajstić information content (AvgIpc) is 3.35. The number of aromatic hydroxyl groups is 4. The van der Waals surface area contributed by atoms with Crippen LogP contribution in [-0.4, -0.2) is 172 Å². The van der Waals surface area contributed by atoms with Gasteiger partial charge in [0, 0.05) is 17.7 Å². The van der Waals surface area contributed by atoms with Crippen molar-refractivity contribution in [3.05, 3.63) is 47.2 Å². The number of hydrogen-bond donors (Lipinski definition) is 13. The molecule has 0 spiro atoms. The normalized spacial score (nSPS) is 39.0. The molecule has 0 aliphatic carbocycles. The molecule has 3 fully saturated rings. The minimum Gasteiger partial charge on any atom is -0.508 e. The molecular formula is C32H40O20. The molecular weight excluding hydrogens is 704 g/mol. The number of aliphatic hydroxyl groups excluding tert-OH is 9. The van der Waals surface area contributed by atoms with E-state index >= 15 is 0 Å². The lowest BCUT2D eigenvalue weighted by Gasteiger charge is -2.44. The first-order valence-electron chi connectivity index (χ1n) is 16.1. The van der Waals surface area contributed by atoms with E-state index in [0.717, 1.165) is 18.2 Å². The summed E-state index contributed by atoms with van der Waals surface area (Å²) in [5.41, 5.74) is 0.200. The molecule has 4 heterocycles. The number of ether oxygens (including phenoxy) is 7. The lowest BCUT2D eigenvalue weighted by molar-refractivity contribution is -0.332. The van der Waals surface area contributed by atoms with Crippen LogP contribution >= 0.6 is 0 Å². The van der Waals surface area contributed by atoms with Crippen LogP contribution in [-0.2, 0) is 28.4 Å². The number of phenolic OH excluding ortho intramolecular Hbond substituents is 4. The number of rotatable bonds is 10. The van der Waals surface area contributed by atoms with Gasteiger partial charge < -0.3 is 99.5 Å². The maximum absolute atomic E-state index is 11.3. The molecule has 3 saturated heterocycles. The zero-order valence-electron chi connectivity index (χ0n) is 26.9. The molecule has 4 aliphatic rings. The van der Waals surface area contributed by atoms with E-state index in [1.807, 2.05) is 0 Å². The van der Waals surface area contributed by atoms with Gasteiger partial charge in [-0.3, -0.25) is 0 Å². The zero-order chi connectivity index (χ0) is 37.6. The summed E-state index contributed by atoms with van der Waals surface area (Å²) in [6, 6.07) is 5.89. The number of benzene rings is 2. The summed E-state index contributed by atoms with van der Waals surface area (Å²) >= 11 is 0. The molecule has 288 valence electrons. The van der Waals surface area contributed by atoms with Crippen LogP contribution in [0.1, 0.15) is 17.2 Å². The molecule has 2 aromatic rings. The molecule has 20 nitrogen and oxygen atoms in total. The van der Waals surface area contributed by atoms with E-state index in [2.05, 4.69) is 0 Å². The number of phenols is 4. The summed E-state index contributed by atoms with van der Waals surface area (Å²) < 4.78 is 40.0. The fraction of sp³-hybridized carbons (Fsp3) is 0.562. The first-order chi connectivity index (χ1) is 24.7. The molecule has 6 rings (SSSR count). The standard InChI is InChI=1S/C32H40O20/c33-7-18-21(38)24(41)27(44)31(51-18)47-9-20-22(39)25(42)29(46-8-19-23(40)26(43)30(45)49-19)32(52-20)50-17-6-12-14(36)4-11(34)5-16(12)48-28(17)10-1-2-13(35)15(37)3-10/h1-6,18-45H,7-9H2. The van der Waals surface area contributed by atoms with Crippen molar-refractivity contribution in [3.8, 4) is 28.7 Å². The lowest BCUT2D eigenvalue weighted by atomic mass is 9.97. The summed E-state index contributed by atoms with van der Waals surface area (Å²) in [6.07, 6.45) is -23.2. The third kappa shape index (κ3) is 7.44. The molecule has 0 radical (unpaired) electrons. The van der Waals surface area contributed by atoms with Crippen molar-refractivity contribution in [2.24, 2.45) is 0 Å². The summed E-state index contributed by atoms with van der Waals surface area (Å²) in [5.74, 6) is -1.98. The number of hydrogen-bond acceptors (Lipinski definition) is 20. The molecule has 4 aliphatic heterocycles. The third-order valence-electron chi connectivity index (χ3n) is 9.16. The summed E-state index contributed by atoms with van der Waals surface area (Å²) in [7, 11) is 0. The maximum Gasteiger partial charge on any atom is 0.229 e. The van der Waals surface area contributed by atoms with Crippen LogP contribution in [0.4, 0.5) is 0 Å². The molecule has 2 aromatic carbocycles. The van der Waals surface area contributed by atoms with E-state index in [1.54, 1.807) is 0 Å². The number of aliphatic hydroxyl groups is 9. The van der Waals surface area contributed by atoms with E-state index in [-0.39, 0.29) is 28.4 Å². The molecule has 52 heavy (non-hydrogen) atoms. The molecule has 13 N–H and O–H groups in total. The molecule has 15 atom stereocenters. The molecule has 0 saturated carbocycles. The van der Waals surface area contributed by atoms with Gasteiger partial charge in [0.1, 0.15) is 90.2 Å². The van der Waals surface area contributed by atoms with Crippen molar-refractivity contribution < 1.29 is 99.5 Å². The van der Waals surface area contributed by atoms with Crippen LogP contribution in [0, 0.1) is 0 Å². The fourth-order valence-electron chi connectivity index (χ4n) is 6.19. The Kier molecular flexibility index (Phi) is 11.3. The predicted molar refractivity (Wildman–Crippen MR) is 165 cm³/mol. The van der Waals surface area contributed by atoms with Gasteiger partial charge in [0.15, 0.2) is 30.2 Å². The van der Waals surface area contributed by atoms with Crippen LogP contribution in [0.25, 0.3) is 6.08 Å².